The number of benzene rings is 4. The lowest BCUT2D eigenvalue weighted by molar-refractivity contribution is -0.118. The summed E-state index contributed by atoms with van der Waals surface area (Å²) < 4.78 is 141. The smallest absolute Gasteiger partial charge is 0.296 e. The highest BCUT2D eigenvalue weighted by molar-refractivity contribution is 8.26. The normalized spacial score (nSPS) is 19.4. The molecule has 0 radical (unpaired) electrons. The van der Waals surface area contributed by atoms with Gasteiger partial charge in [-0.05, 0) is 98.5 Å². The molecule has 0 aliphatic carbocycles. The third kappa shape index (κ3) is 10.3. The fraction of sp³-hybridized carbons (Fsp3) is 0.263. The van der Waals surface area contributed by atoms with Crippen molar-refractivity contribution in [2.75, 3.05) is 21.4 Å². The van der Waals surface area contributed by atoms with Crippen LogP contribution < -0.4 is 10.0 Å². The van der Waals surface area contributed by atoms with Gasteiger partial charge in [0.2, 0.25) is 0 Å². The van der Waals surface area contributed by atoms with Crippen molar-refractivity contribution in [3.63, 3.8) is 0 Å². The van der Waals surface area contributed by atoms with Gasteiger partial charge in [0.15, 0.2) is 17.2 Å². The number of nitrogens with zero attached hydrogens (tertiary/aromatic N) is 8. The van der Waals surface area contributed by atoms with Gasteiger partial charge in [-0.1, -0.05) is 49.2 Å². The Kier molecular flexibility index (Phi) is 12.8. The molecule has 0 aromatic heterocycles. The van der Waals surface area contributed by atoms with Gasteiger partial charge in [0.05, 0.1) is 37.5 Å². The van der Waals surface area contributed by atoms with Gasteiger partial charge in [0, 0.05) is 16.3 Å². The molecule has 2 aliphatic rings. The number of carbonyl (C=O) groups excluding carboxylic acids is 2. The van der Waals surface area contributed by atoms with Crippen LogP contribution in [0.5, 0.6) is 0 Å². The molecule has 22 nitrogen and oxygen atoms in total. The summed E-state index contributed by atoms with van der Waals surface area (Å²) in [5.41, 5.74) is -0.535. The van der Waals surface area contributed by atoms with E-state index < -0.39 is 93.3 Å². The molecule has 28 heteroatoms. The standard InChI is InChI=1S/C38H42Cl2N8O14S4/c1-6-23-14-31(33(18-29(23)39)63(51,52)53)41-43-35-21(3)46-48(37(35)49)26-11-9-13-28(17-26)65(57,58,59)20-66(60,61,62)34-19-30(40)24(7-2)15-32(34)42-44-36-22(4)45-47(38(36)50)25-10-8-12-27(16-25)64(5,54,55)56/h8-19,35-36H,6-7,20H2,1-5H3,(H,51,52,53)(H2,54,55,56)(H2,57,58,59)(H2,60,61,62). The number of halogens is 2. The van der Waals surface area contributed by atoms with Gasteiger partial charge in [0.1, 0.15) is 45.2 Å². The Labute approximate surface area is 386 Å². The summed E-state index contributed by atoms with van der Waals surface area (Å²) in [6.07, 6.45) is 1.23. The number of hydrogen-bond acceptors (Lipinski definition) is 13. The maximum absolute atomic E-state index is 14.4. The maximum atomic E-state index is 14.4. The van der Waals surface area contributed by atoms with Crippen molar-refractivity contribution >= 4 is 108 Å². The highest BCUT2D eigenvalue weighted by Crippen LogP contribution is 2.47. The number of hydrogen-bond donors (Lipinski definition) is 7. The Morgan fingerprint density at radius 2 is 1.11 bits per heavy atom. The maximum Gasteiger partial charge on any atom is 0.296 e. The molecule has 6 rings (SSSR count). The summed E-state index contributed by atoms with van der Waals surface area (Å²) in [5, 5.41) is 23.2. The predicted octanol–water partition coefficient (Wildman–Crippen LogP) is 7.78. The lowest BCUT2D eigenvalue weighted by atomic mass is 10.1. The van der Waals surface area contributed by atoms with Crippen LogP contribution in [0.4, 0.5) is 22.7 Å². The SMILES string of the molecule is CCc1cc(N=NC2C(=O)N(c3cccc(S(=O)(O)(O)CS(=O)(O)(O)c4cc(Cl)c(CC)cc4N=NC4C(=O)N(c5cccc(S(C)(=O)(O)O)c5)N=C4C)c3)N=C2C)c(S(=O)(=O)O)cc1Cl. The summed E-state index contributed by atoms with van der Waals surface area (Å²) in [6.45, 7) is 6.11. The Bertz CT molecular complexity index is 3200. The van der Waals surface area contributed by atoms with E-state index in [1.807, 2.05) is 0 Å². The van der Waals surface area contributed by atoms with Crippen molar-refractivity contribution in [1.29, 1.82) is 0 Å². The molecular weight excluding hydrogens is 992 g/mol. The van der Waals surface area contributed by atoms with Crippen LogP contribution in [-0.2, 0) is 61.4 Å². The Morgan fingerprint density at radius 1 is 0.667 bits per heavy atom. The average molecular weight is 1030 g/mol. The zero-order chi connectivity index (χ0) is 49.2. The van der Waals surface area contributed by atoms with Crippen LogP contribution in [0.1, 0.15) is 38.8 Å². The average Bonchev–Trinajstić information content (AvgIpc) is 3.65. The number of anilines is 2. The molecule has 2 atom stereocenters. The lowest BCUT2D eigenvalue weighted by Crippen LogP contribution is -2.49. The summed E-state index contributed by atoms with van der Waals surface area (Å²) in [5.74, 6) is -1.79. The molecule has 0 spiro atoms. The zero-order valence-corrected chi connectivity index (χ0v) is 39.9. The van der Waals surface area contributed by atoms with Gasteiger partial charge in [0.25, 0.3) is 21.9 Å². The molecule has 2 heterocycles. The highest BCUT2D eigenvalue weighted by atomic mass is 35.5. The molecule has 66 heavy (non-hydrogen) atoms. The summed E-state index contributed by atoms with van der Waals surface area (Å²) in [7, 11) is -23.5. The number of rotatable bonds is 14. The van der Waals surface area contributed by atoms with Crippen LogP contribution in [0.3, 0.4) is 0 Å². The molecule has 2 amide bonds. The fourth-order valence-corrected chi connectivity index (χ4v) is 14.5. The van der Waals surface area contributed by atoms with Crippen molar-refractivity contribution in [3.05, 3.63) is 94.0 Å². The molecule has 0 bridgehead atoms. The quantitative estimate of drug-likeness (QED) is 0.0468. The first-order chi connectivity index (χ1) is 30.2. The van der Waals surface area contributed by atoms with Gasteiger partial charge in [-0.3, -0.25) is 14.1 Å². The van der Waals surface area contributed by atoms with E-state index in [0.29, 0.717) is 23.2 Å². The summed E-state index contributed by atoms with van der Waals surface area (Å²) in [4.78, 5) is 24.0. The molecule has 0 saturated carbocycles. The van der Waals surface area contributed by atoms with Gasteiger partial charge in [-0.2, -0.15) is 49.1 Å². The fourth-order valence-electron chi connectivity index (χ4n) is 6.69. The van der Waals surface area contributed by atoms with Crippen LogP contribution in [0.15, 0.2) is 123 Å². The first kappa shape index (κ1) is 50.5. The van der Waals surface area contributed by atoms with Crippen molar-refractivity contribution in [3.8, 4) is 0 Å². The molecule has 0 saturated heterocycles. The highest BCUT2D eigenvalue weighted by Gasteiger charge is 2.50. The Morgan fingerprint density at radius 3 is 1.58 bits per heavy atom. The number of hydrazone groups is 2. The monoisotopic (exact) mass is 1030 g/mol. The zero-order valence-electron chi connectivity index (χ0n) is 35.2. The van der Waals surface area contributed by atoms with Crippen LogP contribution in [0.2, 0.25) is 10.0 Å². The number of aryl methyl sites for hydroxylation is 2. The van der Waals surface area contributed by atoms with E-state index in [2.05, 4.69) is 30.7 Å². The van der Waals surface area contributed by atoms with E-state index >= 15 is 0 Å². The topological polar surface area (TPSA) is 342 Å². The number of amides is 2. The minimum atomic E-state index is -6.78. The van der Waals surface area contributed by atoms with Gasteiger partial charge >= 0.3 is 0 Å². The Balaban J connectivity index is 1.31. The second kappa shape index (κ2) is 16.7. The van der Waals surface area contributed by atoms with Crippen molar-refractivity contribution in [2.24, 2.45) is 30.7 Å². The molecule has 2 aliphatic heterocycles. The molecular formula is C38H42Cl2N8O14S4. The third-order valence-corrected chi connectivity index (χ3v) is 18.8. The minimum Gasteiger partial charge on any atom is -0.304 e. The van der Waals surface area contributed by atoms with E-state index in [1.165, 1.54) is 38.1 Å². The van der Waals surface area contributed by atoms with Crippen LogP contribution in [0, 0.1) is 0 Å². The second-order valence-corrected chi connectivity index (χ2v) is 26.5. The van der Waals surface area contributed by atoms with E-state index in [4.69, 9.17) is 23.2 Å². The Hall–Kier alpha value is -4.94. The molecule has 7 N–H and O–H groups in total. The van der Waals surface area contributed by atoms with Crippen LogP contribution >= 0.6 is 23.2 Å². The lowest BCUT2D eigenvalue weighted by Gasteiger charge is -2.41. The van der Waals surface area contributed by atoms with Crippen molar-refractivity contribution < 1.29 is 62.5 Å². The van der Waals surface area contributed by atoms with Crippen molar-refractivity contribution in [1.82, 2.24) is 0 Å². The minimum absolute atomic E-state index is 0.00188. The van der Waals surface area contributed by atoms with E-state index in [1.54, 1.807) is 13.8 Å². The molecule has 2 unspecified atom stereocenters. The predicted molar refractivity (Wildman–Crippen MR) is 248 cm³/mol. The molecule has 4 aromatic rings. The molecule has 356 valence electrons. The van der Waals surface area contributed by atoms with Crippen LogP contribution in [0.25, 0.3) is 0 Å². The molecule has 4 aromatic carbocycles. The van der Waals surface area contributed by atoms with Gasteiger partial charge < -0.3 is 27.3 Å². The number of azo groups is 2. The van der Waals surface area contributed by atoms with Crippen molar-refractivity contribution in [2.45, 2.75) is 72.2 Å². The van der Waals surface area contributed by atoms with E-state index in [0.717, 1.165) is 53.5 Å². The summed E-state index contributed by atoms with van der Waals surface area (Å²) in [6, 6.07) is 9.92. The summed E-state index contributed by atoms with van der Waals surface area (Å²) >= 11 is 12.5. The van der Waals surface area contributed by atoms with E-state index in [-0.39, 0.29) is 50.5 Å². The van der Waals surface area contributed by atoms with Crippen LogP contribution in [-0.4, -0.2) is 99.6 Å². The largest absolute Gasteiger partial charge is 0.304 e. The third-order valence-electron chi connectivity index (χ3n) is 10.1. The first-order valence-corrected chi connectivity index (χ1v) is 27.6. The second-order valence-electron chi connectivity index (χ2n) is 15.4. The van der Waals surface area contributed by atoms with Gasteiger partial charge in [-0.25, -0.2) is 12.6 Å². The van der Waals surface area contributed by atoms with Gasteiger partial charge in [-0.15, -0.1) is 0 Å². The first-order valence-electron chi connectivity index (χ1n) is 19.0. The van der Waals surface area contributed by atoms with E-state index in [9.17, 15) is 62.5 Å². The molecule has 0 fully saturated rings. The number of carbonyl (C=O) groups is 2.